The van der Waals surface area contributed by atoms with Crippen LogP contribution in [0.25, 0.3) is 0 Å². The lowest BCUT2D eigenvalue weighted by atomic mass is 10.00. The summed E-state index contributed by atoms with van der Waals surface area (Å²) in [5.41, 5.74) is 3.05. The van der Waals surface area contributed by atoms with E-state index in [9.17, 15) is 4.79 Å². The van der Waals surface area contributed by atoms with Gasteiger partial charge < -0.3 is 10.1 Å². The summed E-state index contributed by atoms with van der Waals surface area (Å²) in [6.45, 7) is 1.53. The van der Waals surface area contributed by atoms with Crippen LogP contribution < -0.4 is 5.32 Å². The van der Waals surface area contributed by atoms with Crippen LogP contribution in [-0.2, 0) is 11.3 Å². The minimum atomic E-state index is -0.184. The summed E-state index contributed by atoms with van der Waals surface area (Å²) in [6, 6.07) is 6.49. The van der Waals surface area contributed by atoms with E-state index in [1.165, 1.54) is 18.4 Å². The predicted octanol–water partition coefficient (Wildman–Crippen LogP) is 1.78. The Kier molecular flexibility index (Phi) is 1.99. The molecule has 0 bridgehead atoms. The van der Waals surface area contributed by atoms with Crippen molar-refractivity contribution in [3.05, 3.63) is 34.9 Å². The van der Waals surface area contributed by atoms with Gasteiger partial charge in [0.25, 0.3) is 0 Å². The molecule has 0 saturated carbocycles. The third-order valence-electron chi connectivity index (χ3n) is 3.17. The molecule has 3 rings (SSSR count). The zero-order valence-corrected chi connectivity index (χ0v) is 8.45. The number of esters is 1. The fraction of sp³-hybridized carbons (Fsp3) is 0.417. The largest absolute Gasteiger partial charge is 0.457 e. The molecule has 1 fully saturated rings. The maximum Gasteiger partial charge on any atom is 0.338 e. The summed E-state index contributed by atoms with van der Waals surface area (Å²) < 4.78 is 4.98. The SMILES string of the molecule is O=C1OCc2cc([C@@H]3CCCN3)ccc21. The molecule has 15 heavy (non-hydrogen) atoms. The zero-order chi connectivity index (χ0) is 10.3. The molecule has 2 aliphatic heterocycles. The number of rotatable bonds is 1. The first kappa shape index (κ1) is 8.92. The van der Waals surface area contributed by atoms with E-state index in [1.54, 1.807) is 0 Å². The Bertz CT molecular complexity index is 408. The van der Waals surface area contributed by atoms with Gasteiger partial charge in [-0.3, -0.25) is 0 Å². The van der Waals surface area contributed by atoms with E-state index >= 15 is 0 Å². The molecule has 3 heteroatoms. The minimum absolute atomic E-state index is 0.184. The third kappa shape index (κ3) is 1.43. The Morgan fingerprint density at radius 3 is 3.13 bits per heavy atom. The quantitative estimate of drug-likeness (QED) is 0.707. The maximum absolute atomic E-state index is 11.3. The normalized spacial score (nSPS) is 24.0. The van der Waals surface area contributed by atoms with Gasteiger partial charge in [0.1, 0.15) is 6.61 Å². The lowest BCUT2D eigenvalue weighted by molar-refractivity contribution is 0.0535. The van der Waals surface area contributed by atoms with E-state index in [4.69, 9.17) is 4.74 Å². The van der Waals surface area contributed by atoms with Crippen LogP contribution in [0.15, 0.2) is 18.2 Å². The summed E-state index contributed by atoms with van der Waals surface area (Å²) in [4.78, 5) is 11.3. The van der Waals surface area contributed by atoms with E-state index < -0.39 is 0 Å². The minimum Gasteiger partial charge on any atom is -0.457 e. The number of benzene rings is 1. The second-order valence-electron chi connectivity index (χ2n) is 4.14. The Hall–Kier alpha value is -1.35. The smallest absolute Gasteiger partial charge is 0.338 e. The number of cyclic esters (lactones) is 1. The molecule has 1 aromatic rings. The lowest BCUT2D eigenvalue weighted by Crippen LogP contribution is -2.13. The van der Waals surface area contributed by atoms with Crippen molar-refractivity contribution in [1.29, 1.82) is 0 Å². The van der Waals surface area contributed by atoms with Gasteiger partial charge in [0.05, 0.1) is 5.56 Å². The fourth-order valence-corrected chi connectivity index (χ4v) is 2.34. The topological polar surface area (TPSA) is 38.3 Å². The van der Waals surface area contributed by atoms with Gasteiger partial charge in [0, 0.05) is 11.6 Å². The second-order valence-corrected chi connectivity index (χ2v) is 4.14. The molecule has 78 valence electrons. The van der Waals surface area contributed by atoms with E-state index in [-0.39, 0.29) is 5.97 Å². The van der Waals surface area contributed by atoms with E-state index in [2.05, 4.69) is 11.4 Å². The van der Waals surface area contributed by atoms with Crippen LogP contribution in [0, 0.1) is 0 Å². The number of ether oxygens (including phenoxy) is 1. The average Bonchev–Trinajstić information content (AvgIpc) is 2.88. The van der Waals surface area contributed by atoms with Gasteiger partial charge >= 0.3 is 5.97 Å². The molecule has 3 nitrogen and oxygen atoms in total. The van der Waals surface area contributed by atoms with Gasteiger partial charge in [-0.05, 0) is 37.1 Å². The molecular formula is C12H13NO2. The number of fused-ring (bicyclic) bond motifs is 1. The Labute approximate surface area is 88.4 Å². The van der Waals surface area contributed by atoms with Crippen LogP contribution in [-0.4, -0.2) is 12.5 Å². The Morgan fingerprint density at radius 1 is 1.40 bits per heavy atom. The van der Waals surface area contributed by atoms with Crippen molar-refractivity contribution < 1.29 is 9.53 Å². The fourth-order valence-electron chi connectivity index (χ4n) is 2.34. The first-order valence-electron chi connectivity index (χ1n) is 5.38. The molecule has 1 aromatic carbocycles. The molecular weight excluding hydrogens is 190 g/mol. The van der Waals surface area contributed by atoms with Crippen LogP contribution >= 0.6 is 0 Å². The van der Waals surface area contributed by atoms with Gasteiger partial charge in [-0.15, -0.1) is 0 Å². The third-order valence-corrected chi connectivity index (χ3v) is 3.17. The number of carbonyl (C=O) groups excluding carboxylic acids is 1. The maximum atomic E-state index is 11.3. The van der Waals surface area contributed by atoms with Crippen LogP contribution in [0.1, 0.15) is 40.4 Å². The standard InChI is InChI=1S/C12H13NO2/c14-12-10-4-3-8(6-9(10)7-15-12)11-2-1-5-13-11/h3-4,6,11,13H,1-2,5,7H2/t11-/m0/s1. The van der Waals surface area contributed by atoms with Crippen LogP contribution in [0.4, 0.5) is 0 Å². The number of hydrogen-bond acceptors (Lipinski definition) is 3. The Morgan fingerprint density at radius 2 is 2.33 bits per heavy atom. The van der Waals surface area contributed by atoms with E-state index in [0.29, 0.717) is 12.6 Å². The summed E-state index contributed by atoms with van der Waals surface area (Å²) in [7, 11) is 0. The summed E-state index contributed by atoms with van der Waals surface area (Å²) in [5.74, 6) is -0.184. The molecule has 1 atom stereocenters. The zero-order valence-electron chi connectivity index (χ0n) is 8.45. The van der Waals surface area contributed by atoms with Crippen LogP contribution in [0.3, 0.4) is 0 Å². The highest BCUT2D eigenvalue weighted by atomic mass is 16.5. The van der Waals surface area contributed by atoms with Crippen molar-refractivity contribution in [2.45, 2.75) is 25.5 Å². The first-order valence-corrected chi connectivity index (χ1v) is 5.38. The molecule has 0 spiro atoms. The summed E-state index contributed by atoms with van der Waals surface area (Å²) in [6.07, 6.45) is 2.42. The average molecular weight is 203 g/mol. The number of carbonyl (C=O) groups is 1. The summed E-state index contributed by atoms with van der Waals surface area (Å²) >= 11 is 0. The molecule has 1 N–H and O–H groups in total. The van der Waals surface area contributed by atoms with Gasteiger partial charge in [-0.1, -0.05) is 6.07 Å². The molecule has 0 amide bonds. The highest BCUT2D eigenvalue weighted by molar-refractivity contribution is 5.93. The van der Waals surface area contributed by atoms with Crippen molar-refractivity contribution in [3.8, 4) is 0 Å². The van der Waals surface area contributed by atoms with Crippen molar-refractivity contribution in [2.24, 2.45) is 0 Å². The number of hydrogen-bond donors (Lipinski definition) is 1. The number of nitrogens with one attached hydrogen (secondary N) is 1. The Balaban J connectivity index is 1.95. The van der Waals surface area contributed by atoms with E-state index in [0.717, 1.165) is 17.7 Å². The highest BCUT2D eigenvalue weighted by Crippen LogP contribution is 2.27. The molecule has 0 aliphatic carbocycles. The monoisotopic (exact) mass is 203 g/mol. The van der Waals surface area contributed by atoms with Crippen molar-refractivity contribution >= 4 is 5.97 Å². The molecule has 0 unspecified atom stereocenters. The van der Waals surface area contributed by atoms with Crippen LogP contribution in [0.2, 0.25) is 0 Å². The van der Waals surface area contributed by atoms with Gasteiger partial charge in [-0.2, -0.15) is 0 Å². The predicted molar refractivity (Wildman–Crippen MR) is 55.5 cm³/mol. The molecule has 2 heterocycles. The van der Waals surface area contributed by atoms with E-state index in [1.807, 2.05) is 12.1 Å². The van der Waals surface area contributed by atoms with Gasteiger partial charge in [0.15, 0.2) is 0 Å². The van der Waals surface area contributed by atoms with Gasteiger partial charge in [-0.25, -0.2) is 4.79 Å². The summed E-state index contributed by atoms with van der Waals surface area (Å²) in [5, 5.41) is 3.45. The molecule has 0 radical (unpaired) electrons. The first-order chi connectivity index (χ1) is 7.34. The van der Waals surface area contributed by atoms with Crippen molar-refractivity contribution in [2.75, 3.05) is 6.54 Å². The lowest BCUT2D eigenvalue weighted by Gasteiger charge is -2.10. The van der Waals surface area contributed by atoms with Crippen molar-refractivity contribution in [3.63, 3.8) is 0 Å². The van der Waals surface area contributed by atoms with Crippen LogP contribution in [0.5, 0.6) is 0 Å². The highest BCUT2D eigenvalue weighted by Gasteiger charge is 2.23. The molecule has 1 saturated heterocycles. The van der Waals surface area contributed by atoms with Crippen molar-refractivity contribution in [1.82, 2.24) is 5.32 Å². The molecule has 2 aliphatic rings. The molecule has 0 aromatic heterocycles. The second kappa shape index (κ2) is 3.35. The van der Waals surface area contributed by atoms with Gasteiger partial charge in [0.2, 0.25) is 0 Å².